The summed E-state index contributed by atoms with van der Waals surface area (Å²) in [5, 5.41) is 13.0. The van der Waals surface area contributed by atoms with Crippen molar-refractivity contribution in [2.45, 2.75) is 12.5 Å². The lowest BCUT2D eigenvalue weighted by Gasteiger charge is -2.34. The fourth-order valence-corrected chi connectivity index (χ4v) is 2.53. The Hall–Kier alpha value is -0.700. The molecule has 0 bridgehead atoms. The molecule has 0 amide bonds. The van der Waals surface area contributed by atoms with Gasteiger partial charge in [-0.1, -0.05) is 11.6 Å². The summed E-state index contributed by atoms with van der Waals surface area (Å²) in [5.74, 6) is 0. The molecular weight excluding hydrogens is 319 g/mol. The number of anilines is 1. The van der Waals surface area contributed by atoms with Gasteiger partial charge in [0, 0.05) is 42.9 Å². The SMILES string of the molecule is Cl.Cl.N#CC[C@H](c1cc(Cl)ccc1N)N1CCNCC1. The van der Waals surface area contributed by atoms with Gasteiger partial charge in [0.2, 0.25) is 0 Å². The molecule has 0 aliphatic carbocycles. The van der Waals surface area contributed by atoms with Crippen LogP contribution in [-0.4, -0.2) is 31.1 Å². The van der Waals surface area contributed by atoms with E-state index in [0.29, 0.717) is 17.1 Å². The molecule has 0 spiro atoms. The highest BCUT2D eigenvalue weighted by Crippen LogP contribution is 2.31. The minimum absolute atomic E-state index is 0. The molecule has 1 aromatic rings. The van der Waals surface area contributed by atoms with Gasteiger partial charge in [-0.3, -0.25) is 4.90 Å². The first-order chi connectivity index (χ1) is 8.72. The lowest BCUT2D eigenvalue weighted by molar-refractivity contribution is 0.176. The van der Waals surface area contributed by atoms with Crippen LogP contribution in [0.2, 0.25) is 5.02 Å². The van der Waals surface area contributed by atoms with E-state index < -0.39 is 0 Å². The highest BCUT2D eigenvalue weighted by molar-refractivity contribution is 6.30. The third-order valence-electron chi connectivity index (χ3n) is 3.28. The first-order valence-electron chi connectivity index (χ1n) is 6.09. The predicted molar refractivity (Wildman–Crippen MR) is 87.8 cm³/mol. The van der Waals surface area contributed by atoms with Crippen LogP contribution in [0.25, 0.3) is 0 Å². The molecule has 0 saturated carbocycles. The zero-order chi connectivity index (χ0) is 13.0. The second-order valence-corrected chi connectivity index (χ2v) is 4.87. The molecule has 3 N–H and O–H groups in total. The van der Waals surface area contributed by atoms with Crippen molar-refractivity contribution < 1.29 is 0 Å². The largest absolute Gasteiger partial charge is 0.398 e. The molecule has 4 nitrogen and oxygen atoms in total. The molecule has 0 radical (unpaired) electrons. The maximum absolute atomic E-state index is 9.02. The Balaban J connectivity index is 0.00000180. The van der Waals surface area contributed by atoms with E-state index in [9.17, 15) is 0 Å². The standard InChI is InChI=1S/C13H17ClN4.2ClH/c14-10-1-2-12(16)11(9-10)13(3-4-15)18-7-5-17-6-8-18;;/h1-2,9,13,17H,3,5-8,16H2;2*1H/t13-;;/m1../s1. The summed E-state index contributed by atoms with van der Waals surface area (Å²) in [6.07, 6.45) is 0.435. The van der Waals surface area contributed by atoms with Crippen LogP contribution in [0.5, 0.6) is 0 Å². The number of benzene rings is 1. The van der Waals surface area contributed by atoms with Crippen molar-refractivity contribution in [2.75, 3.05) is 31.9 Å². The molecule has 1 saturated heterocycles. The molecule has 1 fully saturated rings. The van der Waals surface area contributed by atoms with E-state index in [1.54, 1.807) is 6.07 Å². The zero-order valence-corrected chi connectivity index (χ0v) is 13.4. The van der Waals surface area contributed by atoms with E-state index in [4.69, 9.17) is 22.6 Å². The van der Waals surface area contributed by atoms with Gasteiger partial charge in [-0.25, -0.2) is 0 Å². The highest BCUT2D eigenvalue weighted by Gasteiger charge is 2.23. The first-order valence-corrected chi connectivity index (χ1v) is 6.47. The molecule has 1 heterocycles. The Morgan fingerprint density at radius 1 is 1.35 bits per heavy atom. The Morgan fingerprint density at radius 3 is 2.60 bits per heavy atom. The number of rotatable bonds is 3. The number of nitrogen functional groups attached to an aromatic ring is 1. The molecule has 2 rings (SSSR count). The fourth-order valence-electron chi connectivity index (χ4n) is 2.35. The van der Waals surface area contributed by atoms with Crippen molar-refractivity contribution in [3.63, 3.8) is 0 Å². The monoisotopic (exact) mass is 336 g/mol. The summed E-state index contributed by atoms with van der Waals surface area (Å²) in [5.41, 5.74) is 7.69. The quantitative estimate of drug-likeness (QED) is 0.832. The number of nitrogens with one attached hydrogen (secondary N) is 1. The number of hydrogen-bond donors (Lipinski definition) is 2. The number of halogens is 3. The molecule has 112 valence electrons. The van der Waals surface area contributed by atoms with Crippen LogP contribution in [0.4, 0.5) is 5.69 Å². The second-order valence-electron chi connectivity index (χ2n) is 4.44. The number of hydrogen-bond acceptors (Lipinski definition) is 4. The van der Waals surface area contributed by atoms with Gasteiger partial charge in [0.05, 0.1) is 12.5 Å². The number of nitrogens with two attached hydrogens (primary N) is 1. The van der Waals surface area contributed by atoms with Crippen molar-refractivity contribution in [1.82, 2.24) is 10.2 Å². The Morgan fingerprint density at radius 2 is 2.00 bits per heavy atom. The maximum atomic E-state index is 9.02. The Bertz CT molecular complexity index is 455. The molecule has 1 atom stereocenters. The number of piperazine rings is 1. The molecule has 1 aliphatic rings. The van der Waals surface area contributed by atoms with Crippen LogP contribution in [0.15, 0.2) is 18.2 Å². The maximum Gasteiger partial charge on any atom is 0.0641 e. The lowest BCUT2D eigenvalue weighted by Crippen LogP contribution is -2.45. The van der Waals surface area contributed by atoms with Gasteiger partial charge in [-0.15, -0.1) is 24.8 Å². The van der Waals surface area contributed by atoms with Gasteiger partial charge in [-0.05, 0) is 23.8 Å². The van der Waals surface area contributed by atoms with E-state index in [1.807, 2.05) is 12.1 Å². The van der Waals surface area contributed by atoms with Crippen molar-refractivity contribution in [3.05, 3.63) is 28.8 Å². The molecule has 20 heavy (non-hydrogen) atoms. The third-order valence-corrected chi connectivity index (χ3v) is 3.52. The van der Waals surface area contributed by atoms with Gasteiger partial charge in [0.15, 0.2) is 0 Å². The Labute approximate surface area is 137 Å². The van der Waals surface area contributed by atoms with Gasteiger partial charge in [0.1, 0.15) is 0 Å². The molecule has 1 aliphatic heterocycles. The van der Waals surface area contributed by atoms with Gasteiger partial charge < -0.3 is 11.1 Å². The molecule has 1 aromatic carbocycles. The summed E-state index contributed by atoms with van der Waals surface area (Å²) < 4.78 is 0. The number of nitrogens with zero attached hydrogens (tertiary/aromatic N) is 2. The first kappa shape index (κ1) is 19.3. The second kappa shape index (κ2) is 9.28. The topological polar surface area (TPSA) is 65.1 Å². The van der Waals surface area contributed by atoms with Crippen LogP contribution >= 0.6 is 36.4 Å². The average molecular weight is 338 g/mol. The lowest BCUT2D eigenvalue weighted by atomic mass is 10.00. The van der Waals surface area contributed by atoms with Crippen LogP contribution in [0.3, 0.4) is 0 Å². The van der Waals surface area contributed by atoms with Crippen molar-refractivity contribution in [3.8, 4) is 6.07 Å². The Kier molecular flexibility index (Phi) is 8.95. The smallest absolute Gasteiger partial charge is 0.0641 e. The molecule has 0 unspecified atom stereocenters. The van der Waals surface area contributed by atoms with Crippen LogP contribution in [0.1, 0.15) is 18.0 Å². The van der Waals surface area contributed by atoms with Crippen LogP contribution in [0, 0.1) is 11.3 Å². The summed E-state index contributed by atoms with van der Waals surface area (Å²) in [6.45, 7) is 3.75. The molecule has 7 heteroatoms. The van der Waals surface area contributed by atoms with E-state index in [1.165, 1.54) is 0 Å². The molecular formula is C13H19Cl3N4. The summed E-state index contributed by atoms with van der Waals surface area (Å²) in [7, 11) is 0. The summed E-state index contributed by atoms with van der Waals surface area (Å²) in [4.78, 5) is 2.29. The highest BCUT2D eigenvalue weighted by atomic mass is 35.5. The third kappa shape index (κ3) is 4.69. The summed E-state index contributed by atoms with van der Waals surface area (Å²) in [6, 6.07) is 7.75. The van der Waals surface area contributed by atoms with Crippen molar-refractivity contribution in [1.29, 1.82) is 5.26 Å². The van der Waals surface area contributed by atoms with E-state index in [-0.39, 0.29) is 30.9 Å². The average Bonchev–Trinajstić information content (AvgIpc) is 2.40. The number of nitriles is 1. The van der Waals surface area contributed by atoms with Crippen LogP contribution < -0.4 is 11.1 Å². The van der Waals surface area contributed by atoms with Crippen molar-refractivity contribution in [2.24, 2.45) is 0 Å². The van der Waals surface area contributed by atoms with Crippen LogP contribution in [-0.2, 0) is 0 Å². The molecule has 0 aromatic heterocycles. The summed E-state index contributed by atoms with van der Waals surface area (Å²) >= 11 is 6.03. The van der Waals surface area contributed by atoms with Gasteiger partial charge in [-0.2, -0.15) is 5.26 Å². The normalized spacial score (nSPS) is 16.4. The minimum Gasteiger partial charge on any atom is -0.398 e. The van der Waals surface area contributed by atoms with Gasteiger partial charge >= 0.3 is 0 Å². The van der Waals surface area contributed by atoms with E-state index in [2.05, 4.69) is 16.3 Å². The van der Waals surface area contributed by atoms with Crippen molar-refractivity contribution >= 4 is 42.1 Å². The predicted octanol–water partition coefficient (Wildman–Crippen LogP) is 2.63. The zero-order valence-electron chi connectivity index (χ0n) is 11.0. The van der Waals surface area contributed by atoms with E-state index >= 15 is 0 Å². The minimum atomic E-state index is 0. The fraction of sp³-hybridized carbons (Fsp3) is 0.462. The van der Waals surface area contributed by atoms with E-state index in [0.717, 1.165) is 31.7 Å². The van der Waals surface area contributed by atoms with Gasteiger partial charge in [0.25, 0.3) is 0 Å².